The minimum atomic E-state index is 0.606. The van der Waals surface area contributed by atoms with Crippen LogP contribution in [0.4, 0.5) is 0 Å². The number of fused-ring (bicyclic) bond motifs is 4. The SMILES string of the molecule is Cc1cc(C)nc(-c2ccc(-c3cc(-c4ccccc4)cc(-c4nc(-c5ccccc5)nc(-c5ccccc5)n4)c3)nc2C)c1.Cc1cc(C)nc(-c2ccc(-c3cc(-c4nc(-c5ccccc5)cc(-c5ccccc5)n4)cc(-c4cccc5ccccc45)c3)nc2)n1.Cc1cccc(-c2ccc(-c3cc(-c4cc(-c5ccccc5)nc(-c5ccccc5)c4)cc(-c4cc5ccccc5c5ccccc45)c3)cn2)n1. The molecule has 0 radical (unpaired) electrons. The summed E-state index contributed by atoms with van der Waals surface area (Å²) in [4.78, 5) is 64.0. The molecule has 0 aliphatic rings. The van der Waals surface area contributed by atoms with Crippen LogP contribution in [0.1, 0.15) is 34.0 Å². The number of aryl methyl sites for hydroxylation is 6. The Kier molecular flexibility index (Phi) is 25.5. The topological polar surface area (TPSA) is 168 Å². The highest BCUT2D eigenvalue weighted by molar-refractivity contribution is 6.14. The predicted molar refractivity (Wildman–Crippen MR) is 589 cm³/mol. The third-order valence-electron chi connectivity index (χ3n) is 25.8. The minimum absolute atomic E-state index is 0.606. The third kappa shape index (κ3) is 20.0. The molecule has 9 heterocycles. The second kappa shape index (κ2) is 40.7. The van der Waals surface area contributed by atoms with Gasteiger partial charge in [-0.2, -0.15) is 0 Å². The highest BCUT2D eigenvalue weighted by Crippen LogP contribution is 2.44. The molecule has 13 heteroatoms. The van der Waals surface area contributed by atoms with Gasteiger partial charge in [-0.1, -0.05) is 315 Å². The lowest BCUT2D eigenvalue weighted by Gasteiger charge is -2.16. The normalized spacial score (nSPS) is 11.1. The van der Waals surface area contributed by atoms with Crippen LogP contribution in [0.25, 0.3) is 235 Å². The molecule has 0 aliphatic heterocycles. The van der Waals surface area contributed by atoms with Gasteiger partial charge in [0.1, 0.15) is 0 Å². The molecule has 144 heavy (non-hydrogen) atoms. The summed E-state index contributed by atoms with van der Waals surface area (Å²) in [5, 5.41) is 7.32. The van der Waals surface area contributed by atoms with Crippen LogP contribution in [-0.4, -0.2) is 64.8 Å². The molecule has 0 saturated carbocycles. The summed E-state index contributed by atoms with van der Waals surface area (Å²) < 4.78 is 0. The van der Waals surface area contributed by atoms with Crippen LogP contribution in [0.15, 0.2) is 467 Å². The van der Waals surface area contributed by atoms with Crippen molar-refractivity contribution >= 4 is 32.3 Å². The quantitative estimate of drug-likeness (QED) is 0.0745. The molecule has 0 N–H and O–H groups in total. The maximum Gasteiger partial charge on any atom is 0.164 e. The van der Waals surface area contributed by atoms with Crippen LogP contribution in [0.3, 0.4) is 0 Å². The van der Waals surface area contributed by atoms with Gasteiger partial charge < -0.3 is 0 Å². The molecule has 24 aromatic rings. The Bertz CT molecular complexity index is 8620. The fourth-order valence-corrected chi connectivity index (χ4v) is 18.8. The summed E-state index contributed by atoms with van der Waals surface area (Å²) in [6, 6.07) is 158. The molecule has 0 fully saturated rings. The second-order valence-electron chi connectivity index (χ2n) is 36.1. The smallest absolute Gasteiger partial charge is 0.164 e. The lowest BCUT2D eigenvalue weighted by molar-refractivity contribution is 1.06. The Morgan fingerprint density at radius 3 is 1.09 bits per heavy atom. The van der Waals surface area contributed by atoms with E-state index in [0.29, 0.717) is 29.1 Å². The van der Waals surface area contributed by atoms with Crippen molar-refractivity contribution < 1.29 is 0 Å². The summed E-state index contributed by atoms with van der Waals surface area (Å²) in [5.41, 5.74) is 36.8. The molecule has 0 atom stereocenters. The predicted octanol–water partition coefficient (Wildman–Crippen LogP) is 32.5. The lowest BCUT2D eigenvalue weighted by Crippen LogP contribution is -2.01. The van der Waals surface area contributed by atoms with E-state index in [1.165, 1.54) is 43.4 Å². The number of aromatic nitrogens is 13. The van der Waals surface area contributed by atoms with E-state index in [2.05, 4.69) is 320 Å². The van der Waals surface area contributed by atoms with Crippen molar-refractivity contribution in [2.45, 2.75) is 41.5 Å². The van der Waals surface area contributed by atoms with E-state index in [1.807, 2.05) is 199 Å². The highest BCUT2D eigenvalue weighted by Gasteiger charge is 2.23. The molecule has 0 bridgehead atoms. The van der Waals surface area contributed by atoms with E-state index in [0.717, 1.165) is 197 Å². The van der Waals surface area contributed by atoms with E-state index in [9.17, 15) is 0 Å². The van der Waals surface area contributed by atoms with Gasteiger partial charge in [0.15, 0.2) is 29.1 Å². The molecule has 9 aromatic heterocycles. The third-order valence-corrected chi connectivity index (χ3v) is 25.8. The van der Waals surface area contributed by atoms with Gasteiger partial charge in [0.2, 0.25) is 0 Å². The average molecular weight is 1850 g/mol. The van der Waals surface area contributed by atoms with Crippen LogP contribution in [0.2, 0.25) is 0 Å². The monoisotopic (exact) mass is 1850 g/mol. The molecule has 0 unspecified atom stereocenters. The summed E-state index contributed by atoms with van der Waals surface area (Å²) in [5.74, 6) is 3.19. The fourth-order valence-electron chi connectivity index (χ4n) is 18.8. The molecule has 0 aliphatic carbocycles. The highest BCUT2D eigenvalue weighted by atomic mass is 15.0. The van der Waals surface area contributed by atoms with Crippen molar-refractivity contribution in [3.8, 4) is 203 Å². The molecular weight excluding hydrogens is 1760 g/mol. The maximum absolute atomic E-state index is 5.16. The van der Waals surface area contributed by atoms with E-state index < -0.39 is 0 Å². The van der Waals surface area contributed by atoms with Crippen LogP contribution < -0.4 is 0 Å². The first-order valence-corrected chi connectivity index (χ1v) is 48.3. The Hall–Kier alpha value is -18.9. The molecule has 15 aromatic carbocycles. The molecule has 13 nitrogen and oxygen atoms in total. The first kappa shape index (κ1) is 90.3. The molecule has 0 saturated heterocycles. The number of benzene rings is 15. The van der Waals surface area contributed by atoms with Gasteiger partial charge >= 0.3 is 0 Å². The molecule has 0 amide bonds. The molecule has 684 valence electrons. The van der Waals surface area contributed by atoms with Gasteiger partial charge in [-0.3, -0.25) is 24.9 Å². The fraction of sp³-hybridized carbons (Fsp3) is 0.0458. The lowest BCUT2D eigenvalue weighted by atomic mass is 9.89. The van der Waals surface area contributed by atoms with Gasteiger partial charge in [-0.15, -0.1) is 0 Å². The molecule has 24 rings (SSSR count). The number of pyridine rings is 6. The van der Waals surface area contributed by atoms with E-state index >= 15 is 0 Å². The van der Waals surface area contributed by atoms with E-state index in [1.54, 1.807) is 0 Å². The zero-order chi connectivity index (χ0) is 97.4. The van der Waals surface area contributed by atoms with Crippen molar-refractivity contribution in [2.24, 2.45) is 0 Å². The summed E-state index contributed by atoms with van der Waals surface area (Å²) in [7, 11) is 0. The maximum atomic E-state index is 5.16. The van der Waals surface area contributed by atoms with Gasteiger partial charge in [0.25, 0.3) is 0 Å². The minimum Gasteiger partial charge on any atom is -0.255 e. The van der Waals surface area contributed by atoms with Gasteiger partial charge in [-0.05, 0) is 269 Å². The average Bonchev–Trinajstić information content (AvgIpc) is 0.760. The van der Waals surface area contributed by atoms with Crippen molar-refractivity contribution in [3.05, 3.63) is 501 Å². The number of hydrogen-bond donors (Lipinski definition) is 0. The Balaban J connectivity index is 0.000000124. The number of nitrogens with zero attached hydrogens (tertiary/aromatic N) is 13. The second-order valence-corrected chi connectivity index (χ2v) is 36.1. The van der Waals surface area contributed by atoms with Gasteiger partial charge in [0, 0.05) is 113 Å². The van der Waals surface area contributed by atoms with Crippen LogP contribution in [-0.2, 0) is 0 Å². The Morgan fingerprint density at radius 2 is 0.528 bits per heavy atom. The molecular formula is C131H95N13. The van der Waals surface area contributed by atoms with Crippen LogP contribution >= 0.6 is 0 Å². The van der Waals surface area contributed by atoms with Crippen molar-refractivity contribution in [2.75, 3.05) is 0 Å². The van der Waals surface area contributed by atoms with Crippen molar-refractivity contribution in [3.63, 3.8) is 0 Å². The summed E-state index contributed by atoms with van der Waals surface area (Å²) >= 11 is 0. The zero-order valence-electron chi connectivity index (χ0n) is 80.3. The zero-order valence-corrected chi connectivity index (χ0v) is 80.3. The molecule has 0 spiro atoms. The van der Waals surface area contributed by atoms with Gasteiger partial charge in [0.05, 0.1) is 51.2 Å². The van der Waals surface area contributed by atoms with Crippen LogP contribution in [0, 0.1) is 41.5 Å². The Morgan fingerprint density at radius 1 is 0.139 bits per heavy atom. The summed E-state index contributed by atoms with van der Waals surface area (Å²) in [6.07, 6.45) is 3.83. The first-order chi connectivity index (χ1) is 70.7. The van der Waals surface area contributed by atoms with Crippen molar-refractivity contribution in [1.29, 1.82) is 0 Å². The standard InChI is InChI=1S/C48H33N3.C43H31N5.C40H31N5/c1-32-13-12-22-46(50-32)45-24-23-36(31-49-45)37-25-38(27-40(26-37)44-28-35-18-8-9-19-41(35)42-20-10-11-21-43(42)44)39-29-47(33-14-4-2-5-15-33)51-48(30-39)34-16-6-3-7-17-34;1-28-22-29(2)46-42(45-28)33-20-21-39(44-27-33)35-23-34(38-19-11-17-30-12-9-10-18-37(30)38)24-36(25-35)43-47-40(31-13-5-3-6-14-31)26-41(48-43)32-15-7-4-8-16-32;1-26-21-27(2)41-37(22-26)35-19-20-36(42-28(35)3)33-23-32(29-13-7-4-8-14-29)24-34(25-33)40-44-38(30-15-9-5-10-16-30)43-39(45-40)31-17-11-6-12-18-31/h2-31H,1H3;3-27H,1-2H3;4-25H,1-3H3. The largest absolute Gasteiger partial charge is 0.255 e. The Labute approximate surface area is 837 Å². The van der Waals surface area contributed by atoms with Gasteiger partial charge in [-0.25, -0.2) is 39.9 Å². The summed E-state index contributed by atoms with van der Waals surface area (Å²) in [6.45, 7) is 12.1. The number of rotatable bonds is 18. The van der Waals surface area contributed by atoms with Crippen LogP contribution in [0.5, 0.6) is 0 Å². The van der Waals surface area contributed by atoms with E-state index in [-0.39, 0.29) is 0 Å². The van der Waals surface area contributed by atoms with E-state index in [4.69, 9.17) is 54.8 Å². The number of hydrogen-bond acceptors (Lipinski definition) is 13. The van der Waals surface area contributed by atoms with Crippen molar-refractivity contribution in [1.82, 2.24) is 64.8 Å². The first-order valence-electron chi connectivity index (χ1n) is 48.3.